The Balaban J connectivity index is 2.67. The van der Waals surface area contributed by atoms with Gasteiger partial charge in [-0.15, -0.1) is 0 Å². The molecule has 0 aliphatic rings. The molecule has 0 unspecified atom stereocenters. The molecule has 0 saturated heterocycles. The van der Waals surface area contributed by atoms with E-state index in [0.29, 0.717) is 11.0 Å². The SMILES string of the molecule is O=C(O)C(=O)c1cccc2oncc12. The number of carbonyl (C=O) groups excluding carboxylic acids is 1. The number of rotatable bonds is 2. The van der Waals surface area contributed by atoms with Gasteiger partial charge in [-0.1, -0.05) is 11.2 Å². The van der Waals surface area contributed by atoms with E-state index in [1.54, 1.807) is 12.1 Å². The molecule has 0 bridgehead atoms. The topological polar surface area (TPSA) is 80.4 Å². The first-order chi connectivity index (χ1) is 6.70. The van der Waals surface area contributed by atoms with Crippen LogP contribution >= 0.6 is 0 Å². The maximum atomic E-state index is 11.2. The third kappa shape index (κ3) is 1.15. The largest absolute Gasteiger partial charge is 0.475 e. The van der Waals surface area contributed by atoms with Crippen molar-refractivity contribution < 1.29 is 19.2 Å². The number of carboxylic acids is 1. The van der Waals surface area contributed by atoms with Crippen molar-refractivity contribution in [2.45, 2.75) is 0 Å². The van der Waals surface area contributed by atoms with E-state index in [2.05, 4.69) is 5.16 Å². The first-order valence-electron chi connectivity index (χ1n) is 3.81. The fourth-order valence-electron chi connectivity index (χ4n) is 1.21. The van der Waals surface area contributed by atoms with Crippen LogP contribution in [0.2, 0.25) is 0 Å². The number of nitrogens with zero attached hydrogens (tertiary/aromatic N) is 1. The lowest BCUT2D eigenvalue weighted by Gasteiger charge is -1.95. The Hall–Kier alpha value is -2.17. The van der Waals surface area contributed by atoms with E-state index in [4.69, 9.17) is 9.63 Å². The van der Waals surface area contributed by atoms with Crippen LogP contribution in [-0.2, 0) is 4.79 Å². The third-order valence-electron chi connectivity index (χ3n) is 1.84. The second kappa shape index (κ2) is 2.95. The highest BCUT2D eigenvalue weighted by atomic mass is 16.5. The summed E-state index contributed by atoms with van der Waals surface area (Å²) >= 11 is 0. The van der Waals surface area contributed by atoms with Gasteiger partial charge in [0.1, 0.15) is 0 Å². The van der Waals surface area contributed by atoms with Gasteiger partial charge in [0, 0.05) is 5.56 Å². The standard InChI is InChI=1S/C9H5NO4/c11-8(9(12)13)5-2-1-3-7-6(5)4-10-14-7/h1-4H,(H,12,13). The molecule has 2 rings (SSSR count). The number of aliphatic carboxylic acids is 1. The normalized spacial score (nSPS) is 10.3. The van der Waals surface area contributed by atoms with Crippen molar-refractivity contribution in [3.63, 3.8) is 0 Å². The number of ketones is 1. The molecule has 0 saturated carbocycles. The zero-order chi connectivity index (χ0) is 10.1. The van der Waals surface area contributed by atoms with Crippen molar-refractivity contribution in [3.05, 3.63) is 30.0 Å². The Morgan fingerprint density at radius 2 is 2.14 bits per heavy atom. The number of carbonyl (C=O) groups is 2. The molecule has 5 heteroatoms. The van der Waals surface area contributed by atoms with Gasteiger partial charge in [0.05, 0.1) is 11.6 Å². The average molecular weight is 191 g/mol. The summed E-state index contributed by atoms with van der Waals surface area (Å²) in [6, 6.07) is 4.58. The van der Waals surface area contributed by atoms with E-state index in [1.807, 2.05) is 0 Å². The molecule has 5 nitrogen and oxygen atoms in total. The van der Waals surface area contributed by atoms with Gasteiger partial charge in [-0.05, 0) is 12.1 Å². The Morgan fingerprint density at radius 1 is 1.36 bits per heavy atom. The third-order valence-corrected chi connectivity index (χ3v) is 1.84. The van der Waals surface area contributed by atoms with E-state index in [0.717, 1.165) is 0 Å². The van der Waals surface area contributed by atoms with Gasteiger partial charge in [-0.2, -0.15) is 0 Å². The summed E-state index contributed by atoms with van der Waals surface area (Å²) in [6.45, 7) is 0. The molecule has 0 atom stereocenters. The molecule has 0 aliphatic carbocycles. The highest BCUT2D eigenvalue weighted by molar-refractivity contribution is 6.42. The molecule has 2 aromatic rings. The number of carboxylic acid groups (broad SMARTS) is 1. The van der Waals surface area contributed by atoms with Crippen molar-refractivity contribution in [1.29, 1.82) is 0 Å². The van der Waals surface area contributed by atoms with Crippen molar-refractivity contribution in [2.75, 3.05) is 0 Å². The summed E-state index contributed by atoms with van der Waals surface area (Å²) in [5, 5.41) is 12.4. The minimum Gasteiger partial charge on any atom is -0.475 e. The fraction of sp³-hybridized carbons (Fsp3) is 0. The summed E-state index contributed by atoms with van der Waals surface area (Å²) in [6.07, 6.45) is 1.32. The first-order valence-corrected chi connectivity index (χ1v) is 3.81. The van der Waals surface area contributed by atoms with Gasteiger partial charge in [0.15, 0.2) is 5.58 Å². The molecule has 0 fully saturated rings. The summed E-state index contributed by atoms with van der Waals surface area (Å²) < 4.78 is 4.79. The second-order valence-corrected chi connectivity index (χ2v) is 2.68. The molecule has 14 heavy (non-hydrogen) atoms. The fourth-order valence-corrected chi connectivity index (χ4v) is 1.21. The van der Waals surface area contributed by atoms with Crippen LogP contribution in [0.25, 0.3) is 11.0 Å². The molecule has 1 heterocycles. The number of Topliss-reactive ketones (excluding diaryl/α,β-unsaturated/α-hetero) is 1. The van der Waals surface area contributed by atoms with Crippen molar-refractivity contribution in [3.8, 4) is 0 Å². The molecule has 1 N–H and O–H groups in total. The van der Waals surface area contributed by atoms with E-state index in [9.17, 15) is 9.59 Å². The van der Waals surface area contributed by atoms with Gasteiger partial charge in [-0.25, -0.2) is 4.79 Å². The monoisotopic (exact) mass is 191 g/mol. The van der Waals surface area contributed by atoms with E-state index < -0.39 is 11.8 Å². The van der Waals surface area contributed by atoms with E-state index >= 15 is 0 Å². The van der Waals surface area contributed by atoms with E-state index in [-0.39, 0.29) is 5.56 Å². The average Bonchev–Trinajstić information content (AvgIpc) is 2.63. The van der Waals surface area contributed by atoms with Crippen molar-refractivity contribution in [2.24, 2.45) is 0 Å². The van der Waals surface area contributed by atoms with Crippen LogP contribution in [0.1, 0.15) is 10.4 Å². The highest BCUT2D eigenvalue weighted by Crippen LogP contribution is 2.18. The Labute approximate surface area is 77.9 Å². The van der Waals surface area contributed by atoms with Gasteiger partial charge in [0.25, 0.3) is 5.78 Å². The minimum atomic E-state index is -1.49. The van der Waals surface area contributed by atoms with Crippen LogP contribution in [0.3, 0.4) is 0 Å². The van der Waals surface area contributed by atoms with Gasteiger partial charge in [-0.3, -0.25) is 4.79 Å². The summed E-state index contributed by atoms with van der Waals surface area (Å²) in [5.41, 5.74) is 0.494. The maximum absolute atomic E-state index is 11.2. The predicted molar refractivity (Wildman–Crippen MR) is 46.0 cm³/mol. The zero-order valence-corrected chi connectivity index (χ0v) is 6.93. The molecule has 0 amide bonds. The number of benzene rings is 1. The lowest BCUT2D eigenvalue weighted by molar-refractivity contribution is -0.131. The van der Waals surface area contributed by atoms with Crippen molar-refractivity contribution in [1.82, 2.24) is 5.16 Å². The highest BCUT2D eigenvalue weighted by Gasteiger charge is 2.18. The van der Waals surface area contributed by atoms with Crippen molar-refractivity contribution >= 4 is 22.7 Å². The van der Waals surface area contributed by atoms with Gasteiger partial charge < -0.3 is 9.63 Å². The molecular weight excluding hydrogens is 186 g/mol. The minimum absolute atomic E-state index is 0.0938. The number of hydrogen-bond donors (Lipinski definition) is 1. The lowest BCUT2D eigenvalue weighted by Crippen LogP contribution is -2.12. The molecule has 70 valence electrons. The van der Waals surface area contributed by atoms with Crippen LogP contribution in [0.4, 0.5) is 0 Å². The van der Waals surface area contributed by atoms with E-state index in [1.165, 1.54) is 12.3 Å². The summed E-state index contributed by atoms with van der Waals surface area (Å²) in [7, 11) is 0. The molecule has 0 spiro atoms. The Morgan fingerprint density at radius 3 is 2.86 bits per heavy atom. The van der Waals surface area contributed by atoms with Crippen LogP contribution in [0.5, 0.6) is 0 Å². The summed E-state index contributed by atoms with van der Waals surface area (Å²) in [4.78, 5) is 21.7. The van der Waals surface area contributed by atoms with Crippen LogP contribution in [-0.4, -0.2) is 22.0 Å². The zero-order valence-electron chi connectivity index (χ0n) is 6.93. The smallest absolute Gasteiger partial charge is 0.377 e. The predicted octanol–water partition coefficient (Wildman–Crippen LogP) is 1.10. The lowest BCUT2D eigenvalue weighted by atomic mass is 10.1. The Bertz CT molecular complexity index is 514. The molecular formula is C9H5NO4. The van der Waals surface area contributed by atoms with Crippen LogP contribution in [0, 0.1) is 0 Å². The summed E-state index contributed by atoms with van der Waals surface area (Å²) in [5.74, 6) is -2.45. The number of fused-ring (bicyclic) bond motifs is 1. The molecule has 0 aliphatic heterocycles. The first kappa shape index (κ1) is 8.43. The molecule has 1 aromatic heterocycles. The van der Waals surface area contributed by atoms with Gasteiger partial charge >= 0.3 is 5.97 Å². The van der Waals surface area contributed by atoms with Gasteiger partial charge in [0.2, 0.25) is 0 Å². The number of aromatic nitrogens is 1. The Kier molecular flexibility index (Phi) is 1.78. The van der Waals surface area contributed by atoms with Crippen LogP contribution in [0.15, 0.2) is 28.9 Å². The van der Waals surface area contributed by atoms with Crippen LogP contribution < -0.4 is 0 Å². The number of hydrogen-bond acceptors (Lipinski definition) is 4. The molecule has 1 aromatic carbocycles. The quantitative estimate of drug-likeness (QED) is 0.567. The molecule has 0 radical (unpaired) electrons. The second-order valence-electron chi connectivity index (χ2n) is 2.68. The maximum Gasteiger partial charge on any atom is 0.377 e.